The number of carbonyl (C=O) groups is 1. The van der Waals surface area contributed by atoms with Crippen molar-refractivity contribution in [1.29, 1.82) is 0 Å². The molecule has 136 valence electrons. The average Bonchev–Trinajstić information content (AvgIpc) is 3.01. The Morgan fingerprint density at radius 1 is 1.00 bits per heavy atom. The molecule has 2 aliphatic heterocycles. The maximum atomic E-state index is 13.0. The Hall–Kier alpha value is -2.20. The lowest BCUT2D eigenvalue weighted by Gasteiger charge is -2.40. The Kier molecular flexibility index (Phi) is 4.53. The van der Waals surface area contributed by atoms with Crippen LogP contribution in [-0.2, 0) is 0 Å². The van der Waals surface area contributed by atoms with E-state index in [-0.39, 0.29) is 5.91 Å². The van der Waals surface area contributed by atoms with E-state index in [0.717, 1.165) is 55.0 Å². The fourth-order valence-electron chi connectivity index (χ4n) is 4.50. The smallest absolute Gasteiger partial charge is 0.253 e. The average molecular weight is 349 g/mol. The number of aromatic nitrogens is 1. The standard InChI is InChI=1S/C22H27N3O/c1-17-4-5-20(14-23-17)18-6-8-19(9-7-18)21(26)25-12-3-10-22(16-25)11-13-24(2)15-22/h4-9,14H,3,10-13,15-16H2,1-2H3/t22-/m1/s1. The van der Waals surface area contributed by atoms with Crippen molar-refractivity contribution in [2.75, 3.05) is 33.2 Å². The van der Waals surface area contributed by atoms with Crippen molar-refractivity contribution in [3.63, 3.8) is 0 Å². The van der Waals surface area contributed by atoms with Crippen molar-refractivity contribution in [2.24, 2.45) is 5.41 Å². The molecule has 0 unspecified atom stereocenters. The minimum atomic E-state index is 0.173. The number of rotatable bonds is 2. The summed E-state index contributed by atoms with van der Waals surface area (Å²) in [6.07, 6.45) is 5.47. The van der Waals surface area contributed by atoms with Crippen LogP contribution in [0, 0.1) is 12.3 Å². The minimum absolute atomic E-state index is 0.173. The monoisotopic (exact) mass is 349 g/mol. The molecule has 3 heterocycles. The first-order chi connectivity index (χ1) is 12.5. The molecular weight excluding hydrogens is 322 g/mol. The maximum Gasteiger partial charge on any atom is 0.253 e. The van der Waals surface area contributed by atoms with Gasteiger partial charge in [0.25, 0.3) is 5.91 Å². The summed E-state index contributed by atoms with van der Waals surface area (Å²) in [6, 6.07) is 12.1. The topological polar surface area (TPSA) is 36.4 Å². The van der Waals surface area contributed by atoms with Crippen LogP contribution in [0.4, 0.5) is 0 Å². The summed E-state index contributed by atoms with van der Waals surface area (Å²) in [6.45, 7) is 6.05. The van der Waals surface area contributed by atoms with Gasteiger partial charge in [0.1, 0.15) is 0 Å². The number of hydrogen-bond donors (Lipinski definition) is 0. The zero-order valence-electron chi connectivity index (χ0n) is 15.7. The molecule has 2 aromatic rings. The van der Waals surface area contributed by atoms with Crippen LogP contribution in [0.1, 0.15) is 35.3 Å². The van der Waals surface area contributed by atoms with E-state index in [9.17, 15) is 4.79 Å². The molecule has 1 atom stereocenters. The molecule has 0 saturated carbocycles. The molecule has 4 nitrogen and oxygen atoms in total. The number of nitrogens with zero attached hydrogens (tertiary/aromatic N) is 3. The van der Waals surface area contributed by atoms with E-state index in [1.165, 1.54) is 12.8 Å². The van der Waals surface area contributed by atoms with Crippen LogP contribution in [0.5, 0.6) is 0 Å². The van der Waals surface area contributed by atoms with Gasteiger partial charge in [0, 0.05) is 48.1 Å². The molecule has 4 heteroatoms. The molecule has 2 saturated heterocycles. The predicted octanol–water partition coefficient (Wildman–Crippen LogP) is 3.61. The van der Waals surface area contributed by atoms with Crippen molar-refractivity contribution >= 4 is 5.91 Å². The molecule has 1 aromatic carbocycles. The second-order valence-electron chi connectivity index (χ2n) is 8.08. The maximum absolute atomic E-state index is 13.0. The van der Waals surface area contributed by atoms with Gasteiger partial charge in [0.2, 0.25) is 0 Å². The van der Waals surface area contributed by atoms with Crippen molar-refractivity contribution in [3.8, 4) is 11.1 Å². The number of pyridine rings is 1. The molecule has 4 rings (SSSR count). The quantitative estimate of drug-likeness (QED) is 0.831. The zero-order valence-corrected chi connectivity index (χ0v) is 15.7. The van der Waals surface area contributed by atoms with E-state index in [4.69, 9.17) is 0 Å². The summed E-state index contributed by atoms with van der Waals surface area (Å²) in [5.41, 5.74) is 4.30. The summed E-state index contributed by atoms with van der Waals surface area (Å²) in [5, 5.41) is 0. The van der Waals surface area contributed by atoms with Crippen molar-refractivity contribution in [1.82, 2.24) is 14.8 Å². The fourth-order valence-corrected chi connectivity index (χ4v) is 4.50. The second kappa shape index (κ2) is 6.84. The van der Waals surface area contributed by atoms with Crippen LogP contribution in [0.3, 0.4) is 0 Å². The SMILES string of the molecule is Cc1ccc(-c2ccc(C(=O)N3CCC[C@]4(CCN(C)C4)C3)cc2)cn1. The van der Waals surface area contributed by atoms with Gasteiger partial charge in [-0.2, -0.15) is 0 Å². The van der Waals surface area contributed by atoms with Crippen LogP contribution >= 0.6 is 0 Å². The fraction of sp³-hybridized carbons (Fsp3) is 0.455. The zero-order chi connectivity index (χ0) is 18.1. The van der Waals surface area contributed by atoms with Crippen LogP contribution in [0.2, 0.25) is 0 Å². The lowest BCUT2D eigenvalue weighted by molar-refractivity contribution is 0.0534. The summed E-state index contributed by atoms with van der Waals surface area (Å²) in [4.78, 5) is 21.8. The van der Waals surface area contributed by atoms with Gasteiger partial charge in [-0.05, 0) is 63.5 Å². The number of carbonyl (C=O) groups excluding carboxylic acids is 1. The third-order valence-electron chi connectivity index (χ3n) is 5.95. The highest BCUT2D eigenvalue weighted by Gasteiger charge is 2.41. The Balaban J connectivity index is 1.48. The lowest BCUT2D eigenvalue weighted by Crippen LogP contribution is -2.47. The molecule has 26 heavy (non-hydrogen) atoms. The number of likely N-dealkylation sites (tertiary alicyclic amines) is 2. The molecule has 0 aliphatic carbocycles. The highest BCUT2D eigenvalue weighted by atomic mass is 16.2. The molecular formula is C22H27N3O. The molecule has 2 fully saturated rings. The minimum Gasteiger partial charge on any atom is -0.338 e. The van der Waals surface area contributed by atoms with E-state index >= 15 is 0 Å². The third kappa shape index (κ3) is 3.38. The molecule has 1 spiro atoms. The van der Waals surface area contributed by atoms with E-state index in [1.807, 2.05) is 43.5 Å². The first-order valence-electron chi connectivity index (χ1n) is 9.56. The summed E-state index contributed by atoms with van der Waals surface area (Å²) in [5.74, 6) is 0.173. The van der Waals surface area contributed by atoms with Gasteiger partial charge in [-0.1, -0.05) is 18.2 Å². The molecule has 0 N–H and O–H groups in total. The Bertz CT molecular complexity index is 780. The van der Waals surface area contributed by atoms with Gasteiger partial charge in [-0.3, -0.25) is 9.78 Å². The molecule has 1 aromatic heterocycles. The normalized spacial score (nSPS) is 23.5. The first kappa shape index (κ1) is 17.2. The number of amides is 1. The summed E-state index contributed by atoms with van der Waals surface area (Å²) >= 11 is 0. The highest BCUT2D eigenvalue weighted by molar-refractivity contribution is 5.94. The second-order valence-corrected chi connectivity index (χ2v) is 8.08. The van der Waals surface area contributed by atoms with E-state index in [0.29, 0.717) is 5.41 Å². The highest BCUT2D eigenvalue weighted by Crippen LogP contribution is 2.38. The van der Waals surface area contributed by atoms with Crippen LogP contribution < -0.4 is 0 Å². The Morgan fingerprint density at radius 2 is 1.77 bits per heavy atom. The van der Waals surface area contributed by atoms with Crippen LogP contribution in [0.25, 0.3) is 11.1 Å². The molecule has 2 aliphatic rings. The molecule has 1 amide bonds. The summed E-state index contributed by atoms with van der Waals surface area (Å²) in [7, 11) is 2.19. The first-order valence-corrected chi connectivity index (χ1v) is 9.56. The third-order valence-corrected chi connectivity index (χ3v) is 5.95. The van der Waals surface area contributed by atoms with Crippen molar-refractivity contribution in [2.45, 2.75) is 26.2 Å². The number of aryl methyl sites for hydroxylation is 1. The van der Waals surface area contributed by atoms with Gasteiger partial charge in [-0.15, -0.1) is 0 Å². The van der Waals surface area contributed by atoms with Crippen LogP contribution in [0.15, 0.2) is 42.6 Å². The van der Waals surface area contributed by atoms with Crippen molar-refractivity contribution < 1.29 is 4.79 Å². The number of piperidine rings is 1. The van der Waals surface area contributed by atoms with Crippen LogP contribution in [-0.4, -0.2) is 53.9 Å². The van der Waals surface area contributed by atoms with E-state index in [1.54, 1.807) is 0 Å². The number of hydrogen-bond acceptors (Lipinski definition) is 3. The molecule has 0 radical (unpaired) electrons. The molecule has 0 bridgehead atoms. The van der Waals surface area contributed by atoms with Gasteiger partial charge < -0.3 is 9.80 Å². The van der Waals surface area contributed by atoms with Gasteiger partial charge >= 0.3 is 0 Å². The van der Waals surface area contributed by atoms with E-state index in [2.05, 4.69) is 27.9 Å². The summed E-state index contributed by atoms with van der Waals surface area (Å²) < 4.78 is 0. The van der Waals surface area contributed by atoms with Crippen molar-refractivity contribution in [3.05, 3.63) is 53.9 Å². The lowest BCUT2D eigenvalue weighted by atomic mass is 9.79. The largest absolute Gasteiger partial charge is 0.338 e. The predicted molar refractivity (Wildman–Crippen MR) is 104 cm³/mol. The Labute approximate surface area is 155 Å². The van der Waals surface area contributed by atoms with Gasteiger partial charge in [0.05, 0.1) is 0 Å². The number of benzene rings is 1. The van der Waals surface area contributed by atoms with Gasteiger partial charge in [0.15, 0.2) is 0 Å². The Morgan fingerprint density at radius 3 is 2.42 bits per heavy atom. The van der Waals surface area contributed by atoms with E-state index < -0.39 is 0 Å². The van der Waals surface area contributed by atoms with Gasteiger partial charge in [-0.25, -0.2) is 0 Å².